The first kappa shape index (κ1) is 16.7. The molecule has 2 rings (SSSR count). The summed E-state index contributed by atoms with van der Waals surface area (Å²) in [6.45, 7) is 8.60. The van der Waals surface area contributed by atoms with Gasteiger partial charge in [0.15, 0.2) is 0 Å². The molecular weight excluding hydrogens is 280 g/mol. The average molecular weight is 308 g/mol. The third-order valence-corrected chi connectivity index (χ3v) is 5.90. The van der Waals surface area contributed by atoms with Gasteiger partial charge in [0.05, 0.1) is 5.54 Å². The molecule has 0 aliphatic carbocycles. The molecule has 1 N–H and O–H groups in total. The Bertz CT molecular complexity index is 465. The molecule has 1 aromatic rings. The highest BCUT2D eigenvalue weighted by molar-refractivity contribution is 7.84. The molecule has 1 saturated heterocycles. The molecule has 118 valence electrons. The molecule has 1 heterocycles. The third-order valence-electron chi connectivity index (χ3n) is 4.54. The number of nitrogens with zero attached hydrogens (tertiary/aromatic N) is 1. The normalized spacial score (nSPS) is 27.0. The Morgan fingerprint density at radius 2 is 2.10 bits per heavy atom. The lowest BCUT2D eigenvalue weighted by Crippen LogP contribution is -2.46. The summed E-state index contributed by atoms with van der Waals surface area (Å²) >= 11 is 0. The number of rotatable bonds is 5. The zero-order valence-corrected chi connectivity index (χ0v) is 14.3. The van der Waals surface area contributed by atoms with Crippen LogP contribution in [0.25, 0.3) is 0 Å². The van der Waals surface area contributed by atoms with E-state index in [2.05, 4.69) is 54.4 Å². The first-order valence-corrected chi connectivity index (χ1v) is 9.48. The van der Waals surface area contributed by atoms with E-state index in [1.807, 2.05) is 6.26 Å². The Morgan fingerprint density at radius 3 is 2.76 bits per heavy atom. The first-order chi connectivity index (χ1) is 10.0. The van der Waals surface area contributed by atoms with Crippen LogP contribution in [0.4, 0.5) is 0 Å². The van der Waals surface area contributed by atoms with Gasteiger partial charge < -0.3 is 10.2 Å². The second-order valence-electron chi connectivity index (χ2n) is 6.35. The maximum Gasteiger partial charge on any atom is 0.0534 e. The van der Waals surface area contributed by atoms with Crippen molar-refractivity contribution in [2.45, 2.75) is 37.5 Å². The van der Waals surface area contributed by atoms with Crippen molar-refractivity contribution < 1.29 is 4.21 Å². The van der Waals surface area contributed by atoms with Gasteiger partial charge >= 0.3 is 0 Å². The van der Waals surface area contributed by atoms with Gasteiger partial charge in [0, 0.05) is 28.9 Å². The van der Waals surface area contributed by atoms with Gasteiger partial charge in [0.25, 0.3) is 0 Å². The molecule has 1 fully saturated rings. The van der Waals surface area contributed by atoms with E-state index in [1.165, 1.54) is 12.0 Å². The minimum absolute atomic E-state index is 0.00631. The maximum atomic E-state index is 11.5. The molecule has 3 unspecified atom stereocenters. The molecule has 0 bridgehead atoms. The van der Waals surface area contributed by atoms with E-state index < -0.39 is 10.8 Å². The van der Waals surface area contributed by atoms with Crippen molar-refractivity contribution in [3.63, 3.8) is 0 Å². The van der Waals surface area contributed by atoms with E-state index in [0.717, 1.165) is 32.6 Å². The highest BCUT2D eigenvalue weighted by atomic mass is 32.2. The molecule has 3 atom stereocenters. The van der Waals surface area contributed by atoms with Gasteiger partial charge in [-0.1, -0.05) is 37.3 Å². The summed E-state index contributed by atoms with van der Waals surface area (Å²) in [5, 5.41) is 3.99. The van der Waals surface area contributed by atoms with Crippen LogP contribution in [0.3, 0.4) is 0 Å². The summed E-state index contributed by atoms with van der Waals surface area (Å²) in [5.74, 6) is 0. The fraction of sp³-hybridized carbons (Fsp3) is 0.647. The first-order valence-electron chi connectivity index (χ1n) is 7.86. The fourth-order valence-corrected chi connectivity index (χ4v) is 3.41. The number of benzene rings is 1. The molecule has 21 heavy (non-hydrogen) atoms. The summed E-state index contributed by atoms with van der Waals surface area (Å²) in [5.41, 5.74) is 1.36. The quantitative estimate of drug-likeness (QED) is 0.906. The Balaban J connectivity index is 2.02. The van der Waals surface area contributed by atoms with Crippen molar-refractivity contribution in [3.8, 4) is 0 Å². The Morgan fingerprint density at radius 1 is 1.38 bits per heavy atom. The Hall–Kier alpha value is -0.710. The van der Waals surface area contributed by atoms with Crippen LogP contribution in [0, 0.1) is 0 Å². The van der Waals surface area contributed by atoms with Crippen LogP contribution in [0.2, 0.25) is 0 Å². The molecule has 1 aliphatic heterocycles. The van der Waals surface area contributed by atoms with Crippen LogP contribution in [0.1, 0.15) is 32.3 Å². The van der Waals surface area contributed by atoms with E-state index in [4.69, 9.17) is 0 Å². The molecule has 0 spiro atoms. The third kappa shape index (κ3) is 4.63. The molecule has 3 nitrogen and oxygen atoms in total. The summed E-state index contributed by atoms with van der Waals surface area (Å²) in [4.78, 5) is 2.52. The highest BCUT2D eigenvalue weighted by Gasteiger charge is 2.30. The predicted molar refractivity (Wildman–Crippen MR) is 91.0 cm³/mol. The van der Waals surface area contributed by atoms with Crippen LogP contribution < -0.4 is 5.32 Å². The highest BCUT2D eigenvalue weighted by Crippen LogP contribution is 2.24. The minimum Gasteiger partial charge on any atom is -0.307 e. The summed E-state index contributed by atoms with van der Waals surface area (Å²) in [6.07, 6.45) is 3.99. The van der Waals surface area contributed by atoms with Crippen molar-refractivity contribution in [2.75, 3.05) is 32.4 Å². The summed E-state index contributed by atoms with van der Waals surface area (Å²) in [6, 6.07) is 10.7. The minimum atomic E-state index is -0.716. The molecule has 0 aromatic heterocycles. The monoisotopic (exact) mass is 308 g/mol. The smallest absolute Gasteiger partial charge is 0.0534 e. The lowest BCUT2D eigenvalue weighted by atomic mass is 9.91. The van der Waals surface area contributed by atoms with Gasteiger partial charge in [0.2, 0.25) is 0 Å². The molecular formula is C17H28N2OS. The van der Waals surface area contributed by atoms with E-state index in [1.54, 1.807) is 0 Å². The van der Waals surface area contributed by atoms with E-state index in [9.17, 15) is 4.21 Å². The molecule has 0 saturated carbocycles. The van der Waals surface area contributed by atoms with Gasteiger partial charge in [-0.3, -0.25) is 4.21 Å². The maximum absolute atomic E-state index is 11.5. The number of hydrogen-bond donors (Lipinski definition) is 1. The molecule has 1 aliphatic rings. The van der Waals surface area contributed by atoms with E-state index in [0.29, 0.717) is 0 Å². The van der Waals surface area contributed by atoms with Crippen molar-refractivity contribution >= 4 is 10.8 Å². The Labute approximate surface area is 131 Å². The molecule has 4 heteroatoms. The zero-order valence-electron chi connectivity index (χ0n) is 13.5. The van der Waals surface area contributed by atoms with Crippen molar-refractivity contribution in [3.05, 3.63) is 35.9 Å². The summed E-state index contributed by atoms with van der Waals surface area (Å²) in [7, 11) is -0.716. The van der Waals surface area contributed by atoms with Gasteiger partial charge in [0.1, 0.15) is 0 Å². The van der Waals surface area contributed by atoms with Crippen LogP contribution in [0.15, 0.2) is 30.3 Å². The van der Waals surface area contributed by atoms with Gasteiger partial charge in [-0.25, -0.2) is 0 Å². The van der Waals surface area contributed by atoms with Crippen LogP contribution in [-0.4, -0.2) is 46.8 Å². The van der Waals surface area contributed by atoms with Crippen LogP contribution >= 0.6 is 0 Å². The second kappa shape index (κ2) is 7.52. The van der Waals surface area contributed by atoms with Crippen LogP contribution in [-0.2, 0) is 16.3 Å². The SMILES string of the molecule is CC(CCN1CCCNC(C)(c2ccccc2)C1)S(C)=O. The molecule has 0 radical (unpaired) electrons. The lowest BCUT2D eigenvalue weighted by molar-refractivity contribution is 0.218. The molecule has 0 amide bonds. The fourth-order valence-electron chi connectivity index (χ4n) is 2.97. The molecule has 1 aromatic carbocycles. The lowest BCUT2D eigenvalue weighted by Gasteiger charge is -2.34. The van der Waals surface area contributed by atoms with Crippen molar-refractivity contribution in [1.29, 1.82) is 0 Å². The van der Waals surface area contributed by atoms with Crippen LogP contribution in [0.5, 0.6) is 0 Å². The zero-order chi connectivity index (χ0) is 15.3. The van der Waals surface area contributed by atoms with Gasteiger partial charge in [-0.15, -0.1) is 0 Å². The topological polar surface area (TPSA) is 32.3 Å². The van der Waals surface area contributed by atoms with Gasteiger partial charge in [-0.05, 0) is 45.0 Å². The standard InChI is InChI=1S/C17H28N2OS/c1-15(21(3)20)10-13-19-12-7-11-18-17(2,14-19)16-8-5-4-6-9-16/h4-6,8-9,15,18H,7,10-14H2,1-3H3. The number of nitrogens with one attached hydrogen (secondary N) is 1. The summed E-state index contributed by atoms with van der Waals surface area (Å²) < 4.78 is 11.5. The van der Waals surface area contributed by atoms with Gasteiger partial charge in [-0.2, -0.15) is 0 Å². The van der Waals surface area contributed by atoms with E-state index >= 15 is 0 Å². The second-order valence-corrected chi connectivity index (χ2v) is 8.15. The largest absolute Gasteiger partial charge is 0.307 e. The van der Waals surface area contributed by atoms with Crippen molar-refractivity contribution in [1.82, 2.24) is 10.2 Å². The van der Waals surface area contributed by atoms with Crippen molar-refractivity contribution in [2.24, 2.45) is 0 Å². The average Bonchev–Trinajstić information content (AvgIpc) is 2.68. The predicted octanol–water partition coefficient (Wildman–Crippen LogP) is 2.35. The number of hydrogen-bond acceptors (Lipinski definition) is 3. The Kier molecular flexibility index (Phi) is 5.97. The van der Waals surface area contributed by atoms with E-state index in [-0.39, 0.29) is 10.8 Å².